The van der Waals surface area contributed by atoms with Crippen LogP contribution in [0.1, 0.15) is 79.8 Å². The van der Waals surface area contributed by atoms with Crippen LogP contribution in [0.3, 0.4) is 0 Å². The van der Waals surface area contributed by atoms with E-state index >= 15 is 0 Å². The summed E-state index contributed by atoms with van der Waals surface area (Å²) >= 11 is 0. The van der Waals surface area contributed by atoms with Crippen molar-refractivity contribution >= 4 is 0 Å². The Balaban J connectivity index is 1.67. The van der Waals surface area contributed by atoms with Gasteiger partial charge < -0.3 is 4.74 Å². The molecule has 0 heterocycles. The molecule has 0 fully saturated rings. The zero-order valence-electron chi connectivity index (χ0n) is 20.2. The fourth-order valence-corrected chi connectivity index (χ4v) is 3.59. The maximum Gasteiger partial charge on any atom is 0.119 e. The summed E-state index contributed by atoms with van der Waals surface area (Å²) in [6, 6.07) is 23.0. The van der Waals surface area contributed by atoms with Crippen LogP contribution in [-0.4, -0.2) is 6.61 Å². The number of hydrogen-bond acceptors (Lipinski definition) is 1. The van der Waals surface area contributed by atoms with Crippen LogP contribution in [0.15, 0.2) is 66.7 Å². The molecule has 0 atom stereocenters. The molecule has 1 nitrogen and oxygen atoms in total. The average Bonchev–Trinajstić information content (AvgIpc) is 2.86. The van der Waals surface area contributed by atoms with Crippen LogP contribution in [-0.2, 0) is 12.8 Å². The van der Waals surface area contributed by atoms with E-state index in [1.54, 1.807) is 0 Å². The Bertz CT molecular complexity index is 1130. The lowest BCUT2D eigenvalue weighted by Gasteiger charge is -2.05. The highest BCUT2D eigenvalue weighted by Crippen LogP contribution is 2.15. The molecule has 3 aromatic rings. The van der Waals surface area contributed by atoms with Gasteiger partial charge in [0.05, 0.1) is 6.61 Å². The molecular formula is C32H34O. The van der Waals surface area contributed by atoms with Crippen LogP contribution in [0.4, 0.5) is 0 Å². The molecule has 0 aromatic heterocycles. The van der Waals surface area contributed by atoms with Crippen LogP contribution in [0.2, 0.25) is 0 Å². The van der Waals surface area contributed by atoms with Crippen molar-refractivity contribution in [1.29, 1.82) is 0 Å². The van der Waals surface area contributed by atoms with Crippen molar-refractivity contribution in [2.24, 2.45) is 0 Å². The first-order chi connectivity index (χ1) is 16.2. The first-order valence-electron chi connectivity index (χ1n) is 12.2. The smallest absolute Gasteiger partial charge is 0.119 e. The first kappa shape index (κ1) is 24.2. The third kappa shape index (κ3) is 7.89. The molecule has 0 amide bonds. The van der Waals surface area contributed by atoms with E-state index in [0.29, 0.717) is 0 Å². The summed E-state index contributed by atoms with van der Waals surface area (Å²) in [4.78, 5) is 0. The Morgan fingerprint density at radius 1 is 0.636 bits per heavy atom. The molecule has 0 bridgehead atoms. The van der Waals surface area contributed by atoms with Crippen molar-refractivity contribution in [3.05, 3.63) is 100 Å². The SMILES string of the molecule is CCCCCOc1ccc(C#Cc2ccc(C#Cc3ccc(CCC)cc3)cc2CC)cc1. The molecule has 1 heteroatoms. The molecule has 33 heavy (non-hydrogen) atoms. The zero-order chi connectivity index (χ0) is 23.3. The summed E-state index contributed by atoms with van der Waals surface area (Å²) < 4.78 is 5.79. The van der Waals surface area contributed by atoms with Crippen LogP contribution in [0, 0.1) is 23.7 Å². The highest BCUT2D eigenvalue weighted by atomic mass is 16.5. The van der Waals surface area contributed by atoms with E-state index in [4.69, 9.17) is 4.74 Å². The number of aryl methyl sites for hydroxylation is 2. The third-order valence-corrected chi connectivity index (χ3v) is 5.54. The Labute approximate surface area is 200 Å². The van der Waals surface area contributed by atoms with Gasteiger partial charge in [-0.1, -0.05) is 75.8 Å². The van der Waals surface area contributed by atoms with Gasteiger partial charge in [0, 0.05) is 22.3 Å². The monoisotopic (exact) mass is 434 g/mol. The number of unbranched alkanes of at least 4 members (excludes halogenated alkanes) is 2. The molecule has 0 saturated heterocycles. The Morgan fingerprint density at radius 3 is 1.94 bits per heavy atom. The molecular weight excluding hydrogens is 400 g/mol. The zero-order valence-corrected chi connectivity index (χ0v) is 20.2. The van der Waals surface area contributed by atoms with Gasteiger partial charge in [0.15, 0.2) is 0 Å². The van der Waals surface area contributed by atoms with Crippen LogP contribution >= 0.6 is 0 Å². The molecule has 0 spiro atoms. The van der Waals surface area contributed by atoms with Gasteiger partial charge in [-0.25, -0.2) is 0 Å². The maximum atomic E-state index is 5.79. The largest absolute Gasteiger partial charge is 0.494 e. The lowest BCUT2D eigenvalue weighted by atomic mass is 10.0. The van der Waals surface area contributed by atoms with E-state index in [1.165, 1.54) is 30.4 Å². The molecule has 0 aliphatic rings. The van der Waals surface area contributed by atoms with Gasteiger partial charge in [-0.3, -0.25) is 0 Å². The van der Waals surface area contributed by atoms with Crippen LogP contribution in [0.5, 0.6) is 5.75 Å². The predicted octanol–water partition coefficient (Wildman–Crippen LogP) is 7.57. The summed E-state index contributed by atoms with van der Waals surface area (Å²) in [5.41, 5.74) is 6.73. The fraction of sp³-hybridized carbons (Fsp3) is 0.312. The molecule has 3 rings (SSSR count). The number of rotatable bonds is 8. The molecule has 3 aromatic carbocycles. The van der Waals surface area contributed by atoms with E-state index in [2.05, 4.69) is 86.9 Å². The molecule has 0 radical (unpaired) electrons. The van der Waals surface area contributed by atoms with Gasteiger partial charge in [0.25, 0.3) is 0 Å². The highest BCUT2D eigenvalue weighted by molar-refractivity contribution is 5.52. The Morgan fingerprint density at radius 2 is 1.27 bits per heavy atom. The van der Waals surface area contributed by atoms with Gasteiger partial charge in [-0.2, -0.15) is 0 Å². The van der Waals surface area contributed by atoms with E-state index in [-0.39, 0.29) is 0 Å². The predicted molar refractivity (Wildman–Crippen MR) is 140 cm³/mol. The van der Waals surface area contributed by atoms with E-state index < -0.39 is 0 Å². The summed E-state index contributed by atoms with van der Waals surface area (Å²) in [6.07, 6.45) is 6.73. The second-order valence-electron chi connectivity index (χ2n) is 8.25. The lowest BCUT2D eigenvalue weighted by Crippen LogP contribution is -1.96. The van der Waals surface area contributed by atoms with Gasteiger partial charge in [0.1, 0.15) is 5.75 Å². The van der Waals surface area contributed by atoms with Crippen molar-refractivity contribution in [3.63, 3.8) is 0 Å². The van der Waals surface area contributed by atoms with E-state index in [0.717, 1.165) is 53.9 Å². The third-order valence-electron chi connectivity index (χ3n) is 5.54. The Kier molecular flexibility index (Phi) is 9.69. The normalized spacial score (nSPS) is 10.0. The second kappa shape index (κ2) is 13.2. The van der Waals surface area contributed by atoms with Gasteiger partial charge in [-0.15, -0.1) is 0 Å². The van der Waals surface area contributed by atoms with Crippen LogP contribution in [0.25, 0.3) is 0 Å². The van der Waals surface area contributed by atoms with Crippen molar-refractivity contribution in [2.75, 3.05) is 6.61 Å². The molecule has 0 aliphatic carbocycles. The minimum atomic E-state index is 0.776. The van der Waals surface area contributed by atoms with Crippen molar-refractivity contribution in [1.82, 2.24) is 0 Å². The average molecular weight is 435 g/mol. The minimum absolute atomic E-state index is 0.776. The second-order valence-corrected chi connectivity index (χ2v) is 8.25. The minimum Gasteiger partial charge on any atom is -0.494 e. The summed E-state index contributed by atoms with van der Waals surface area (Å²) in [5, 5.41) is 0. The molecule has 0 N–H and O–H groups in total. The van der Waals surface area contributed by atoms with Gasteiger partial charge in [0.2, 0.25) is 0 Å². The topological polar surface area (TPSA) is 9.23 Å². The summed E-state index contributed by atoms with van der Waals surface area (Å²) in [6.45, 7) is 7.34. The highest BCUT2D eigenvalue weighted by Gasteiger charge is 2.00. The number of hydrogen-bond donors (Lipinski definition) is 0. The van der Waals surface area contributed by atoms with E-state index in [1.807, 2.05) is 24.3 Å². The molecule has 0 unspecified atom stereocenters. The van der Waals surface area contributed by atoms with Crippen molar-refractivity contribution in [2.45, 2.75) is 59.3 Å². The summed E-state index contributed by atoms with van der Waals surface area (Å²) in [7, 11) is 0. The van der Waals surface area contributed by atoms with Gasteiger partial charge >= 0.3 is 0 Å². The molecule has 0 saturated carbocycles. The lowest BCUT2D eigenvalue weighted by molar-refractivity contribution is 0.306. The fourth-order valence-electron chi connectivity index (χ4n) is 3.59. The van der Waals surface area contributed by atoms with Crippen molar-refractivity contribution < 1.29 is 4.74 Å². The first-order valence-corrected chi connectivity index (χ1v) is 12.2. The number of benzene rings is 3. The molecule has 168 valence electrons. The standard InChI is InChI=1S/C32H34O/c1-4-7-8-24-33-32-22-18-28(19-23-32)16-20-31-21-17-29(25-30(31)6-3)15-14-27-12-10-26(9-5-2)11-13-27/h10-13,17-19,21-23,25H,4-9,24H2,1-3H3. The maximum absolute atomic E-state index is 5.79. The van der Waals surface area contributed by atoms with Crippen molar-refractivity contribution in [3.8, 4) is 29.4 Å². The summed E-state index contributed by atoms with van der Waals surface area (Å²) in [5.74, 6) is 14.1. The van der Waals surface area contributed by atoms with E-state index in [9.17, 15) is 0 Å². The quantitative estimate of drug-likeness (QED) is 0.262. The Hall–Kier alpha value is -3.42. The molecule has 0 aliphatic heterocycles. The van der Waals surface area contributed by atoms with Crippen LogP contribution < -0.4 is 4.74 Å². The van der Waals surface area contributed by atoms with Gasteiger partial charge in [-0.05, 0) is 85.0 Å². The number of ether oxygens (including phenoxy) is 1.